The molecule has 1 unspecified atom stereocenters. The summed E-state index contributed by atoms with van der Waals surface area (Å²) in [6.07, 6.45) is 0.698. The Morgan fingerprint density at radius 1 is 1.38 bits per heavy atom. The van der Waals surface area contributed by atoms with Gasteiger partial charge in [-0.2, -0.15) is 5.26 Å². The van der Waals surface area contributed by atoms with E-state index in [4.69, 9.17) is 5.26 Å². The quantitative estimate of drug-likeness (QED) is 0.762. The van der Waals surface area contributed by atoms with Crippen molar-refractivity contribution in [1.82, 2.24) is 0 Å². The zero-order chi connectivity index (χ0) is 9.73. The van der Waals surface area contributed by atoms with Gasteiger partial charge in [0, 0.05) is 6.42 Å². The van der Waals surface area contributed by atoms with Crippen LogP contribution in [-0.4, -0.2) is 10.7 Å². The second kappa shape index (κ2) is 4.06. The summed E-state index contributed by atoms with van der Waals surface area (Å²) in [5.74, 6) is 0. The molecule has 1 atom stereocenters. The first-order chi connectivity index (χ1) is 6.14. The van der Waals surface area contributed by atoms with Crippen molar-refractivity contribution >= 4 is 0 Å². The molecule has 0 aliphatic rings. The van der Waals surface area contributed by atoms with E-state index >= 15 is 0 Å². The fourth-order valence-corrected chi connectivity index (χ4v) is 1.27. The second-order valence-electron chi connectivity index (χ2n) is 3.49. The number of hydrogen-bond acceptors (Lipinski definition) is 2. The first kappa shape index (κ1) is 9.76. The fourth-order valence-electron chi connectivity index (χ4n) is 1.27. The van der Waals surface area contributed by atoms with Crippen molar-refractivity contribution in [1.29, 1.82) is 5.26 Å². The van der Waals surface area contributed by atoms with Crippen LogP contribution in [0.5, 0.6) is 0 Å². The van der Waals surface area contributed by atoms with E-state index in [2.05, 4.69) is 0 Å². The highest BCUT2D eigenvalue weighted by atomic mass is 16.3. The highest BCUT2D eigenvalue weighted by molar-refractivity contribution is 5.17. The lowest BCUT2D eigenvalue weighted by Crippen LogP contribution is -2.26. The van der Waals surface area contributed by atoms with Crippen molar-refractivity contribution in [3.05, 3.63) is 35.9 Å². The Hall–Kier alpha value is -1.33. The SMILES string of the molecule is CC(O)(CC#N)Cc1ccccc1. The average Bonchev–Trinajstić information content (AvgIpc) is 2.04. The van der Waals surface area contributed by atoms with E-state index in [1.807, 2.05) is 36.4 Å². The monoisotopic (exact) mass is 175 g/mol. The van der Waals surface area contributed by atoms with Gasteiger partial charge in [0.25, 0.3) is 0 Å². The van der Waals surface area contributed by atoms with Crippen molar-refractivity contribution in [2.24, 2.45) is 0 Å². The molecule has 0 fully saturated rings. The molecule has 2 heteroatoms. The van der Waals surface area contributed by atoms with Gasteiger partial charge in [0.05, 0.1) is 18.1 Å². The molecule has 0 saturated heterocycles. The summed E-state index contributed by atoms with van der Waals surface area (Å²) in [6, 6.07) is 11.7. The van der Waals surface area contributed by atoms with Crippen LogP contribution in [0.25, 0.3) is 0 Å². The van der Waals surface area contributed by atoms with Gasteiger partial charge in [-0.3, -0.25) is 0 Å². The molecule has 0 aliphatic heterocycles. The van der Waals surface area contributed by atoms with Crippen LogP contribution in [0.3, 0.4) is 0 Å². The number of nitrogens with zero attached hydrogens (tertiary/aromatic N) is 1. The van der Waals surface area contributed by atoms with Crippen molar-refractivity contribution in [3.8, 4) is 6.07 Å². The summed E-state index contributed by atoms with van der Waals surface area (Å²) in [7, 11) is 0. The van der Waals surface area contributed by atoms with Gasteiger partial charge in [-0.15, -0.1) is 0 Å². The first-order valence-electron chi connectivity index (χ1n) is 4.27. The minimum Gasteiger partial charge on any atom is -0.389 e. The molecule has 1 aromatic rings. The van der Waals surface area contributed by atoms with Crippen LogP contribution in [0.15, 0.2) is 30.3 Å². The van der Waals surface area contributed by atoms with Gasteiger partial charge in [-0.05, 0) is 12.5 Å². The van der Waals surface area contributed by atoms with E-state index < -0.39 is 5.60 Å². The summed E-state index contributed by atoms with van der Waals surface area (Å²) >= 11 is 0. The van der Waals surface area contributed by atoms with Gasteiger partial charge < -0.3 is 5.11 Å². The van der Waals surface area contributed by atoms with E-state index in [1.165, 1.54) is 0 Å². The molecule has 13 heavy (non-hydrogen) atoms. The van der Waals surface area contributed by atoms with Crippen molar-refractivity contribution in [2.75, 3.05) is 0 Å². The third-order valence-corrected chi connectivity index (χ3v) is 1.89. The molecule has 68 valence electrons. The Balaban J connectivity index is 2.65. The van der Waals surface area contributed by atoms with Crippen LogP contribution in [0, 0.1) is 11.3 Å². The summed E-state index contributed by atoms with van der Waals surface area (Å²) in [4.78, 5) is 0. The molecule has 0 amide bonds. The van der Waals surface area contributed by atoms with Crippen LogP contribution < -0.4 is 0 Å². The molecule has 0 heterocycles. The first-order valence-corrected chi connectivity index (χ1v) is 4.27. The third-order valence-electron chi connectivity index (χ3n) is 1.89. The number of nitriles is 1. The molecule has 1 aromatic carbocycles. The second-order valence-corrected chi connectivity index (χ2v) is 3.49. The van der Waals surface area contributed by atoms with Crippen LogP contribution in [0.1, 0.15) is 18.9 Å². The Kier molecular flexibility index (Phi) is 3.05. The van der Waals surface area contributed by atoms with E-state index in [0.29, 0.717) is 6.42 Å². The Morgan fingerprint density at radius 3 is 2.54 bits per heavy atom. The lowest BCUT2D eigenvalue weighted by atomic mass is 9.94. The Labute approximate surface area is 78.4 Å². The molecule has 0 aromatic heterocycles. The maximum Gasteiger partial charge on any atom is 0.0789 e. The van der Waals surface area contributed by atoms with Gasteiger partial charge in [0.2, 0.25) is 0 Å². The highest BCUT2D eigenvalue weighted by Gasteiger charge is 2.19. The van der Waals surface area contributed by atoms with Gasteiger partial charge in [0.15, 0.2) is 0 Å². The third kappa shape index (κ3) is 3.27. The maximum atomic E-state index is 9.75. The smallest absolute Gasteiger partial charge is 0.0789 e. The summed E-state index contributed by atoms with van der Waals surface area (Å²) in [5, 5.41) is 18.2. The predicted molar refractivity (Wildman–Crippen MR) is 51.0 cm³/mol. The van der Waals surface area contributed by atoms with Crippen molar-refractivity contribution in [3.63, 3.8) is 0 Å². The maximum absolute atomic E-state index is 9.75. The van der Waals surface area contributed by atoms with E-state index in [9.17, 15) is 5.11 Å². The molecular weight excluding hydrogens is 162 g/mol. The van der Waals surface area contributed by atoms with Crippen molar-refractivity contribution in [2.45, 2.75) is 25.4 Å². The molecule has 1 rings (SSSR count). The van der Waals surface area contributed by atoms with Gasteiger partial charge in [-0.25, -0.2) is 0 Å². The van der Waals surface area contributed by atoms with E-state index in [0.717, 1.165) is 5.56 Å². The lowest BCUT2D eigenvalue weighted by Gasteiger charge is -2.19. The van der Waals surface area contributed by atoms with Crippen LogP contribution in [0.4, 0.5) is 0 Å². The van der Waals surface area contributed by atoms with Crippen LogP contribution in [-0.2, 0) is 6.42 Å². The number of benzene rings is 1. The van der Waals surface area contributed by atoms with Crippen molar-refractivity contribution < 1.29 is 5.11 Å². The molecule has 1 N–H and O–H groups in total. The number of aliphatic hydroxyl groups is 1. The fraction of sp³-hybridized carbons (Fsp3) is 0.364. The Morgan fingerprint density at radius 2 is 2.00 bits per heavy atom. The normalized spacial score (nSPS) is 14.5. The van der Waals surface area contributed by atoms with Crippen LogP contribution >= 0.6 is 0 Å². The lowest BCUT2D eigenvalue weighted by molar-refractivity contribution is 0.0654. The summed E-state index contributed by atoms with van der Waals surface area (Å²) in [5.41, 5.74) is 0.151. The van der Waals surface area contributed by atoms with Gasteiger partial charge >= 0.3 is 0 Å². The highest BCUT2D eigenvalue weighted by Crippen LogP contribution is 2.15. The molecule has 0 spiro atoms. The van der Waals surface area contributed by atoms with E-state index in [-0.39, 0.29) is 6.42 Å². The molecular formula is C11H13NO. The minimum absolute atomic E-state index is 0.169. The zero-order valence-electron chi connectivity index (χ0n) is 7.70. The molecule has 0 aliphatic carbocycles. The summed E-state index contributed by atoms with van der Waals surface area (Å²) in [6.45, 7) is 1.68. The number of hydrogen-bond donors (Lipinski definition) is 1. The molecule has 0 saturated carbocycles. The average molecular weight is 175 g/mol. The van der Waals surface area contributed by atoms with E-state index in [1.54, 1.807) is 6.92 Å². The number of rotatable bonds is 3. The minimum atomic E-state index is -0.907. The molecule has 0 radical (unpaired) electrons. The summed E-state index contributed by atoms with van der Waals surface area (Å²) < 4.78 is 0. The topological polar surface area (TPSA) is 44.0 Å². The molecule has 0 bridgehead atoms. The standard InChI is InChI=1S/C11H13NO/c1-11(13,7-8-12)9-10-5-3-2-4-6-10/h2-6,13H,7,9H2,1H3. The van der Waals surface area contributed by atoms with Gasteiger partial charge in [0.1, 0.15) is 0 Å². The Bertz CT molecular complexity index is 298. The molecule has 2 nitrogen and oxygen atoms in total. The zero-order valence-corrected chi connectivity index (χ0v) is 7.70. The van der Waals surface area contributed by atoms with Gasteiger partial charge in [-0.1, -0.05) is 30.3 Å². The largest absolute Gasteiger partial charge is 0.389 e. The van der Waals surface area contributed by atoms with Crippen LogP contribution in [0.2, 0.25) is 0 Å². The predicted octanol–water partition coefficient (Wildman–Crippen LogP) is 1.89.